The Bertz CT molecular complexity index is 1110. The summed E-state index contributed by atoms with van der Waals surface area (Å²) in [6.45, 7) is 2.73. The first-order valence-corrected chi connectivity index (χ1v) is 11.3. The molecule has 4 rings (SSSR count). The molecule has 1 aliphatic carbocycles. The zero-order valence-corrected chi connectivity index (χ0v) is 18.6. The second-order valence-electron chi connectivity index (χ2n) is 8.75. The summed E-state index contributed by atoms with van der Waals surface area (Å²) in [5.74, 6) is -1.92. The van der Waals surface area contributed by atoms with Gasteiger partial charge in [-0.3, -0.25) is 4.68 Å². The van der Waals surface area contributed by atoms with E-state index >= 15 is 0 Å². The van der Waals surface area contributed by atoms with Crippen LogP contribution in [0.15, 0.2) is 48.5 Å². The van der Waals surface area contributed by atoms with E-state index in [4.69, 9.17) is 14.9 Å². The highest BCUT2D eigenvalue weighted by Gasteiger charge is 2.26. The molecule has 1 N–H and O–H groups in total. The van der Waals surface area contributed by atoms with Crippen molar-refractivity contribution >= 4 is 5.97 Å². The number of hydrogen-bond donors (Lipinski definition) is 1. The van der Waals surface area contributed by atoms with Gasteiger partial charge in [0.15, 0.2) is 11.6 Å². The fraction of sp³-hybridized carbons (Fsp3) is 0.385. The van der Waals surface area contributed by atoms with Crippen LogP contribution in [0.25, 0.3) is 22.4 Å². The van der Waals surface area contributed by atoms with E-state index < -0.39 is 17.6 Å². The predicted molar refractivity (Wildman–Crippen MR) is 122 cm³/mol. The lowest BCUT2D eigenvalue weighted by Crippen LogP contribution is -2.23. The van der Waals surface area contributed by atoms with Crippen LogP contribution in [0.1, 0.15) is 31.4 Å². The molecule has 0 bridgehead atoms. The van der Waals surface area contributed by atoms with Crippen molar-refractivity contribution < 1.29 is 23.4 Å². The summed E-state index contributed by atoms with van der Waals surface area (Å²) in [6, 6.07) is 13.9. The fourth-order valence-electron chi connectivity index (χ4n) is 4.76. The topological polar surface area (TPSA) is 64.4 Å². The zero-order chi connectivity index (χ0) is 23.4. The van der Waals surface area contributed by atoms with E-state index in [2.05, 4.69) is 0 Å². The lowest BCUT2D eigenvalue weighted by Gasteiger charge is -2.28. The van der Waals surface area contributed by atoms with E-state index in [1.807, 2.05) is 41.9 Å². The molecule has 0 amide bonds. The first-order valence-electron chi connectivity index (χ1n) is 11.3. The number of carbonyl (C=O) groups is 1. The highest BCUT2D eigenvalue weighted by molar-refractivity contribution is 5.83. The van der Waals surface area contributed by atoms with Gasteiger partial charge in [-0.15, -0.1) is 0 Å². The number of halogens is 2. The molecule has 0 unspecified atom stereocenters. The summed E-state index contributed by atoms with van der Waals surface area (Å²) in [6.07, 6.45) is 3.91. The molecule has 1 saturated carbocycles. The van der Waals surface area contributed by atoms with Crippen LogP contribution < -0.4 is 0 Å². The number of aromatic nitrogens is 2. The summed E-state index contributed by atoms with van der Waals surface area (Å²) in [4.78, 5) is 10.6. The Hall–Kier alpha value is -3.06. The molecule has 0 radical (unpaired) electrons. The Morgan fingerprint density at radius 1 is 1.06 bits per heavy atom. The van der Waals surface area contributed by atoms with Crippen LogP contribution >= 0.6 is 0 Å². The summed E-state index contributed by atoms with van der Waals surface area (Å²) in [5, 5.41) is 13.5. The van der Waals surface area contributed by atoms with Crippen molar-refractivity contribution in [2.75, 3.05) is 13.2 Å². The van der Waals surface area contributed by atoms with Crippen LogP contribution in [0.5, 0.6) is 0 Å². The van der Waals surface area contributed by atoms with Gasteiger partial charge in [0.05, 0.1) is 18.0 Å². The lowest BCUT2D eigenvalue weighted by molar-refractivity contribution is -0.142. The predicted octanol–water partition coefficient (Wildman–Crippen LogP) is 5.71. The molecule has 174 valence electrons. The van der Waals surface area contributed by atoms with Gasteiger partial charge in [-0.05, 0) is 50.5 Å². The van der Waals surface area contributed by atoms with Crippen molar-refractivity contribution in [3.63, 3.8) is 0 Å². The molecular weight excluding hydrogens is 426 g/mol. The molecule has 3 aromatic rings. The summed E-state index contributed by atoms with van der Waals surface area (Å²) < 4.78 is 36.0. The Kier molecular flexibility index (Phi) is 7.18. The van der Waals surface area contributed by atoms with Gasteiger partial charge in [0.1, 0.15) is 6.61 Å². The Morgan fingerprint density at radius 3 is 2.45 bits per heavy atom. The zero-order valence-electron chi connectivity index (χ0n) is 18.6. The quantitative estimate of drug-likeness (QED) is 0.473. The standard InChI is InChI=1S/C26H28F2N2O3/c1-17-24(21-8-5-9-22(27)25(21)28)26(20-6-3-2-4-7-20)30(29-17)14-18-10-12-19(13-11-18)15-33-16-23(31)32/h2-9,18-19H,10-16H2,1H3,(H,31,32)/t18-,19+. The fourth-order valence-corrected chi connectivity index (χ4v) is 4.76. The summed E-state index contributed by atoms with van der Waals surface area (Å²) >= 11 is 0. The summed E-state index contributed by atoms with van der Waals surface area (Å²) in [5.41, 5.74) is 3.21. The van der Waals surface area contributed by atoms with Crippen molar-refractivity contribution in [2.45, 2.75) is 39.2 Å². The van der Waals surface area contributed by atoms with E-state index in [0.29, 0.717) is 36.2 Å². The molecule has 1 aromatic heterocycles. The molecule has 1 aliphatic rings. The summed E-state index contributed by atoms with van der Waals surface area (Å²) in [7, 11) is 0. The third kappa shape index (κ3) is 5.30. The van der Waals surface area contributed by atoms with E-state index in [-0.39, 0.29) is 12.2 Å². The second kappa shape index (κ2) is 10.3. The Balaban J connectivity index is 1.58. The van der Waals surface area contributed by atoms with Crippen LogP contribution in [0.4, 0.5) is 8.78 Å². The monoisotopic (exact) mass is 454 g/mol. The minimum atomic E-state index is -0.947. The molecule has 0 saturated heterocycles. The molecule has 2 aromatic carbocycles. The Morgan fingerprint density at radius 2 is 1.76 bits per heavy atom. The van der Waals surface area contributed by atoms with Gasteiger partial charge in [-0.25, -0.2) is 13.6 Å². The minimum Gasteiger partial charge on any atom is -0.480 e. The number of hydrogen-bond acceptors (Lipinski definition) is 3. The van der Waals surface area contributed by atoms with Crippen molar-refractivity contribution in [2.24, 2.45) is 11.8 Å². The maximum Gasteiger partial charge on any atom is 0.329 e. The number of carboxylic acid groups (broad SMARTS) is 1. The van der Waals surface area contributed by atoms with Gasteiger partial charge in [0.25, 0.3) is 0 Å². The largest absolute Gasteiger partial charge is 0.480 e. The van der Waals surface area contributed by atoms with Gasteiger partial charge in [-0.1, -0.05) is 42.5 Å². The number of rotatable bonds is 8. The van der Waals surface area contributed by atoms with E-state index in [1.165, 1.54) is 6.07 Å². The molecule has 1 heterocycles. The van der Waals surface area contributed by atoms with Crippen molar-refractivity contribution in [1.82, 2.24) is 9.78 Å². The first kappa shape index (κ1) is 23.1. The van der Waals surface area contributed by atoms with E-state index in [0.717, 1.165) is 43.0 Å². The maximum absolute atomic E-state index is 14.8. The van der Waals surface area contributed by atoms with Gasteiger partial charge >= 0.3 is 5.97 Å². The smallest absolute Gasteiger partial charge is 0.329 e. The van der Waals surface area contributed by atoms with Gasteiger partial charge in [0.2, 0.25) is 0 Å². The highest BCUT2D eigenvalue weighted by atomic mass is 19.2. The average Bonchev–Trinajstić information content (AvgIpc) is 3.12. The number of nitrogens with zero attached hydrogens (tertiary/aromatic N) is 2. The third-order valence-electron chi connectivity index (χ3n) is 6.37. The van der Waals surface area contributed by atoms with Crippen molar-refractivity contribution in [1.29, 1.82) is 0 Å². The highest BCUT2D eigenvalue weighted by Crippen LogP contribution is 2.38. The lowest BCUT2D eigenvalue weighted by atomic mass is 9.82. The second-order valence-corrected chi connectivity index (χ2v) is 8.75. The van der Waals surface area contributed by atoms with Crippen LogP contribution in [-0.2, 0) is 16.1 Å². The van der Waals surface area contributed by atoms with Crippen molar-refractivity contribution in [3.05, 3.63) is 65.9 Å². The number of aliphatic carboxylic acids is 1. The van der Waals surface area contributed by atoms with Crippen LogP contribution in [0, 0.1) is 30.4 Å². The van der Waals surface area contributed by atoms with Gasteiger partial charge in [0, 0.05) is 23.2 Å². The maximum atomic E-state index is 14.8. The van der Waals surface area contributed by atoms with E-state index in [1.54, 1.807) is 6.07 Å². The van der Waals surface area contributed by atoms with Crippen LogP contribution in [0.2, 0.25) is 0 Å². The molecule has 0 spiro atoms. The SMILES string of the molecule is Cc1nn(C[C@H]2CC[C@@H](COCC(=O)O)CC2)c(-c2ccccc2)c1-c1cccc(F)c1F. The van der Waals surface area contributed by atoms with Crippen LogP contribution in [-0.4, -0.2) is 34.1 Å². The minimum absolute atomic E-state index is 0.219. The molecule has 0 atom stereocenters. The van der Waals surface area contributed by atoms with Crippen LogP contribution in [0.3, 0.4) is 0 Å². The Labute approximate surface area is 192 Å². The molecule has 7 heteroatoms. The average molecular weight is 455 g/mol. The molecular formula is C26H28F2N2O3. The normalized spacial score (nSPS) is 18.4. The molecule has 0 aliphatic heterocycles. The molecule has 5 nitrogen and oxygen atoms in total. The number of ether oxygens (including phenoxy) is 1. The third-order valence-corrected chi connectivity index (χ3v) is 6.37. The number of aryl methyl sites for hydroxylation is 1. The molecule has 33 heavy (non-hydrogen) atoms. The molecule has 1 fully saturated rings. The number of carboxylic acids is 1. The van der Waals surface area contributed by atoms with Gasteiger partial charge < -0.3 is 9.84 Å². The van der Waals surface area contributed by atoms with Gasteiger partial charge in [-0.2, -0.15) is 5.10 Å². The first-order chi connectivity index (χ1) is 15.9. The number of benzene rings is 2. The van der Waals surface area contributed by atoms with E-state index in [9.17, 15) is 13.6 Å². The van der Waals surface area contributed by atoms with Crippen molar-refractivity contribution in [3.8, 4) is 22.4 Å².